The van der Waals surface area contributed by atoms with E-state index in [2.05, 4.69) is 6.58 Å². The summed E-state index contributed by atoms with van der Waals surface area (Å²) < 4.78 is 118. The number of halogens is 8. The highest BCUT2D eigenvalue weighted by molar-refractivity contribution is 6.24. The summed E-state index contributed by atoms with van der Waals surface area (Å²) in [4.78, 5) is 0. The van der Waals surface area contributed by atoms with Gasteiger partial charge in [0, 0.05) is 16.0 Å². The summed E-state index contributed by atoms with van der Waals surface area (Å²) in [6.45, 7) is 2.93. The smallest absolute Gasteiger partial charge is 0.170 e. The molecule has 4 aromatic carbocycles. The fraction of sp³-hybridized carbons (Fsp3) is 0. The second kappa shape index (κ2) is 6.04. The normalized spacial score (nSPS) is 11.4. The predicted octanol–water partition coefficient (Wildman–Crippen LogP) is 4.30. The molecule has 0 aromatic heterocycles. The van der Waals surface area contributed by atoms with E-state index < -0.39 is 94.9 Å². The zero-order valence-electron chi connectivity index (χ0n) is 14.1. The molecule has 0 spiro atoms. The highest BCUT2D eigenvalue weighted by atomic mass is 19.2. The van der Waals surface area contributed by atoms with Gasteiger partial charge in [0.15, 0.2) is 23.3 Å². The Kier molecular flexibility index (Phi) is 3.90. The van der Waals surface area contributed by atoms with Crippen LogP contribution in [0.2, 0.25) is 0 Å². The molecule has 0 N–H and O–H groups in total. The molecule has 0 aliphatic rings. The lowest BCUT2D eigenvalue weighted by atomic mass is 9.90. The molecule has 0 saturated heterocycles. The van der Waals surface area contributed by atoms with Gasteiger partial charge in [0.2, 0.25) is 0 Å². The Morgan fingerprint density at radius 2 is 0.800 bits per heavy atom. The van der Waals surface area contributed by atoms with Crippen LogP contribution in [-0.4, -0.2) is 0 Å². The van der Waals surface area contributed by atoms with E-state index in [0.717, 1.165) is 12.1 Å². The largest absolute Gasteiger partial charge is 0.205 e. The molecule has 0 aliphatic carbocycles. The van der Waals surface area contributed by atoms with Gasteiger partial charge in [-0.05, 0) is 0 Å². The molecule has 0 radical (unpaired) electrons. The van der Waals surface area contributed by atoms with Crippen LogP contribution in [0.15, 0.2) is 0 Å². The summed E-state index contributed by atoms with van der Waals surface area (Å²) in [6, 6.07) is 2.21. The fourth-order valence-electron chi connectivity index (χ4n) is 3.55. The Balaban J connectivity index is 2.67. The number of nitriles is 2. The van der Waals surface area contributed by atoms with E-state index in [4.69, 9.17) is 10.5 Å². The molecule has 0 saturated carbocycles. The lowest BCUT2D eigenvalue weighted by Crippen LogP contribution is -2.21. The lowest BCUT2D eigenvalue weighted by molar-refractivity contribution is 0.500. The van der Waals surface area contributed by atoms with Crippen molar-refractivity contribution in [2.24, 2.45) is 0 Å². The third kappa shape index (κ3) is 2.00. The average Bonchev–Trinajstić information content (AvgIpc) is 2.71. The van der Waals surface area contributed by atoms with E-state index >= 15 is 0 Å². The van der Waals surface area contributed by atoms with Gasteiger partial charge in [-0.25, -0.2) is 35.1 Å². The fourth-order valence-corrected chi connectivity index (χ4v) is 3.55. The minimum atomic E-state index is -2.14. The Morgan fingerprint density at radius 1 is 0.500 bits per heavy atom. The van der Waals surface area contributed by atoms with E-state index in [0.29, 0.717) is 0 Å². The van der Waals surface area contributed by atoms with E-state index in [1.807, 2.05) is 0 Å². The van der Waals surface area contributed by atoms with Crippen molar-refractivity contribution in [1.82, 2.24) is 0 Å². The zero-order chi connectivity index (χ0) is 22.2. The topological polar surface area (TPSA) is 47.6 Å². The predicted molar refractivity (Wildman–Crippen MR) is 89.2 cm³/mol. The quantitative estimate of drug-likeness (QED) is 0.313. The van der Waals surface area contributed by atoms with E-state index in [9.17, 15) is 35.1 Å². The van der Waals surface area contributed by atoms with Crippen LogP contribution in [0.4, 0.5) is 35.1 Å². The maximum atomic E-state index is 15.0. The van der Waals surface area contributed by atoms with Gasteiger partial charge in [0.1, 0.15) is 41.0 Å². The summed E-state index contributed by atoms with van der Waals surface area (Å²) in [5.74, 6) is -16.0. The molecule has 0 amide bonds. The number of nitrogens with zero attached hydrogens (tertiary/aromatic N) is 2. The van der Waals surface area contributed by atoms with E-state index in [-0.39, 0.29) is 0 Å². The van der Waals surface area contributed by atoms with Crippen LogP contribution in [-0.2, 0) is 0 Å². The third-order valence-corrected chi connectivity index (χ3v) is 4.83. The molecule has 4 aromatic rings. The molecule has 0 unspecified atom stereocenters. The van der Waals surface area contributed by atoms with Crippen molar-refractivity contribution in [3.8, 4) is 12.1 Å². The van der Waals surface area contributed by atoms with Gasteiger partial charge in [-0.1, -0.05) is 6.58 Å². The maximum Gasteiger partial charge on any atom is 0.170 e. The van der Waals surface area contributed by atoms with Crippen LogP contribution < -0.4 is 10.4 Å². The average molecular weight is 422 g/mol. The minimum Gasteiger partial charge on any atom is -0.205 e. The number of rotatable bonds is 0. The summed E-state index contributed by atoms with van der Waals surface area (Å²) in [5, 5.41) is 6.90. The van der Waals surface area contributed by atoms with Crippen molar-refractivity contribution in [1.29, 1.82) is 10.5 Å². The minimum absolute atomic E-state index is 1.10. The van der Waals surface area contributed by atoms with Crippen molar-refractivity contribution in [2.45, 2.75) is 0 Å². The highest BCUT2D eigenvalue weighted by Gasteiger charge is 2.33. The van der Waals surface area contributed by atoms with Crippen molar-refractivity contribution >= 4 is 44.5 Å². The maximum absolute atomic E-state index is 15.0. The summed E-state index contributed by atoms with van der Waals surface area (Å²) >= 11 is 0. The van der Waals surface area contributed by atoms with Crippen molar-refractivity contribution < 1.29 is 35.1 Å². The first-order chi connectivity index (χ1) is 14.1. The van der Waals surface area contributed by atoms with E-state index in [1.165, 1.54) is 0 Å². The van der Waals surface area contributed by atoms with Crippen LogP contribution in [0.1, 0.15) is 0 Å². The lowest BCUT2D eigenvalue weighted by Gasteiger charge is -2.17. The van der Waals surface area contributed by atoms with Crippen LogP contribution >= 0.6 is 0 Å². The molecule has 4 rings (SSSR count). The molecule has 0 fully saturated rings. The molecule has 0 atom stereocenters. The molecule has 2 nitrogen and oxygen atoms in total. The van der Waals surface area contributed by atoms with Gasteiger partial charge in [-0.2, -0.15) is 10.5 Å². The van der Waals surface area contributed by atoms with Crippen molar-refractivity contribution in [3.05, 3.63) is 57.0 Å². The molecule has 148 valence electrons. The Labute approximate surface area is 160 Å². The van der Waals surface area contributed by atoms with Gasteiger partial charge < -0.3 is 0 Å². The van der Waals surface area contributed by atoms with Crippen molar-refractivity contribution in [3.63, 3.8) is 0 Å². The summed E-state index contributed by atoms with van der Waals surface area (Å²) in [6.07, 6.45) is 0. The molecule has 30 heavy (non-hydrogen) atoms. The molecule has 0 aliphatic heterocycles. The Hall–Kier alpha value is -3.92. The monoisotopic (exact) mass is 422 g/mol. The Morgan fingerprint density at radius 3 is 1.10 bits per heavy atom. The van der Waals surface area contributed by atoms with Crippen LogP contribution in [0.3, 0.4) is 0 Å². The first-order valence-electron chi connectivity index (χ1n) is 7.81. The molecular weight excluding hydrogens is 420 g/mol. The van der Waals surface area contributed by atoms with E-state index in [1.54, 1.807) is 0 Å². The van der Waals surface area contributed by atoms with Gasteiger partial charge in [-0.15, -0.1) is 0 Å². The third-order valence-electron chi connectivity index (χ3n) is 4.83. The first kappa shape index (κ1) is 19.4. The molecular formula is C20H2F8N2. The summed E-state index contributed by atoms with van der Waals surface area (Å²) in [5.41, 5.74) is -1.28. The number of hydrogen-bond donors (Lipinski definition) is 0. The second-order valence-corrected chi connectivity index (χ2v) is 6.21. The van der Waals surface area contributed by atoms with Crippen LogP contribution in [0, 0.1) is 69.2 Å². The summed E-state index contributed by atoms with van der Waals surface area (Å²) in [7, 11) is 0. The van der Waals surface area contributed by atoms with Gasteiger partial charge in [0.05, 0.1) is 26.8 Å². The second-order valence-electron chi connectivity index (χ2n) is 6.21. The number of benzene rings is 4. The molecule has 10 heteroatoms. The van der Waals surface area contributed by atoms with Gasteiger partial charge in [0.25, 0.3) is 0 Å². The van der Waals surface area contributed by atoms with Crippen LogP contribution in [0.5, 0.6) is 0 Å². The zero-order valence-corrected chi connectivity index (χ0v) is 14.1. The first-order valence-corrected chi connectivity index (χ1v) is 7.81. The van der Waals surface area contributed by atoms with Crippen LogP contribution in [0.25, 0.3) is 44.5 Å². The SMILES string of the molecule is C=c1c(F)c2c(F)c(F)c3c(F)c(=C(C#N)C#N)c(F)c4c(F)c(F)c(c1F)c2c34. The standard InChI is InChI=1S/C20H2F8N2/c1-4-13(21)9-7-8-11(19(27)17(9)25)15(23)6(5(2-29)3-30)16(24)12(8)20(28)18(26)10(7)14(4)22/h1H2. The Bertz CT molecular complexity index is 1550. The molecule has 0 bridgehead atoms. The number of hydrogen-bond acceptors (Lipinski definition) is 2. The van der Waals surface area contributed by atoms with Gasteiger partial charge >= 0.3 is 0 Å². The van der Waals surface area contributed by atoms with Gasteiger partial charge in [-0.3, -0.25) is 0 Å². The molecule has 0 heterocycles. The highest BCUT2D eigenvalue weighted by Crippen LogP contribution is 2.42. The van der Waals surface area contributed by atoms with Crippen molar-refractivity contribution in [2.75, 3.05) is 0 Å².